The van der Waals surface area contributed by atoms with Crippen molar-refractivity contribution in [2.45, 2.75) is 0 Å². The second-order valence-corrected chi connectivity index (χ2v) is 4.03. The zero-order valence-electron chi connectivity index (χ0n) is 7.11. The van der Waals surface area contributed by atoms with Crippen LogP contribution in [0.15, 0.2) is 36.4 Å². The van der Waals surface area contributed by atoms with E-state index in [1.54, 1.807) is 12.1 Å². The van der Waals surface area contributed by atoms with Gasteiger partial charge in [0.25, 0.3) is 5.69 Å². The summed E-state index contributed by atoms with van der Waals surface area (Å²) in [5.41, 5.74) is 0.168. The van der Waals surface area contributed by atoms with E-state index in [9.17, 15) is 10.1 Å². The van der Waals surface area contributed by atoms with Crippen molar-refractivity contribution in [3.8, 4) is 0 Å². The van der Waals surface area contributed by atoms with Gasteiger partial charge in [0.2, 0.25) is 0 Å². The first-order chi connectivity index (χ1) is 6.70. The normalized spacial score (nSPS) is 10.4. The number of nitro groups is 1. The van der Waals surface area contributed by atoms with Crippen LogP contribution in [-0.4, -0.2) is 4.92 Å². The molecule has 0 aliphatic heterocycles. The molecule has 2 rings (SSSR count). The maximum absolute atomic E-state index is 10.7. The minimum Gasteiger partial charge on any atom is -0.258 e. The first kappa shape index (κ1) is 9.39. The third kappa shape index (κ3) is 1.45. The Kier molecular flexibility index (Phi) is 2.37. The average Bonchev–Trinajstić information content (AvgIpc) is 2.17. The van der Waals surface area contributed by atoms with Gasteiger partial charge in [-0.05, 0) is 34.7 Å². The van der Waals surface area contributed by atoms with E-state index >= 15 is 0 Å². The third-order valence-electron chi connectivity index (χ3n) is 2.04. The van der Waals surface area contributed by atoms with Crippen LogP contribution in [0.3, 0.4) is 0 Å². The molecule has 2 aromatic carbocycles. The van der Waals surface area contributed by atoms with Crippen LogP contribution in [-0.2, 0) is 0 Å². The molecule has 2 aromatic rings. The molecule has 14 heavy (non-hydrogen) atoms. The SMILES string of the molecule is O=[N+]([O-])c1cccc2c(I)cccc12. The van der Waals surface area contributed by atoms with Gasteiger partial charge in [0.1, 0.15) is 0 Å². The maximum Gasteiger partial charge on any atom is 0.277 e. The molecular formula is C10H6INO2. The van der Waals surface area contributed by atoms with Crippen LogP contribution in [0.5, 0.6) is 0 Å². The quantitative estimate of drug-likeness (QED) is 0.460. The van der Waals surface area contributed by atoms with Crippen molar-refractivity contribution < 1.29 is 4.92 Å². The molecule has 0 saturated heterocycles. The molecule has 0 bridgehead atoms. The number of nitro benzene ring substituents is 1. The zero-order chi connectivity index (χ0) is 10.1. The summed E-state index contributed by atoms with van der Waals surface area (Å²) in [6.07, 6.45) is 0. The lowest BCUT2D eigenvalue weighted by molar-refractivity contribution is -0.383. The summed E-state index contributed by atoms with van der Waals surface area (Å²) < 4.78 is 1.03. The van der Waals surface area contributed by atoms with Gasteiger partial charge in [0.05, 0.1) is 10.3 Å². The summed E-state index contributed by atoms with van der Waals surface area (Å²) >= 11 is 2.18. The molecule has 0 N–H and O–H groups in total. The molecule has 70 valence electrons. The summed E-state index contributed by atoms with van der Waals surface area (Å²) in [5.74, 6) is 0. The highest BCUT2D eigenvalue weighted by Crippen LogP contribution is 2.28. The van der Waals surface area contributed by atoms with Crippen LogP contribution in [0.4, 0.5) is 5.69 Å². The van der Waals surface area contributed by atoms with E-state index < -0.39 is 0 Å². The molecule has 0 saturated carbocycles. The summed E-state index contributed by atoms with van der Waals surface area (Å²) in [6.45, 7) is 0. The monoisotopic (exact) mass is 299 g/mol. The summed E-state index contributed by atoms with van der Waals surface area (Å²) in [5, 5.41) is 12.4. The smallest absolute Gasteiger partial charge is 0.258 e. The fourth-order valence-corrected chi connectivity index (χ4v) is 2.09. The minimum atomic E-state index is -0.349. The third-order valence-corrected chi connectivity index (χ3v) is 2.98. The molecule has 0 atom stereocenters. The Hall–Kier alpha value is -1.17. The van der Waals surface area contributed by atoms with Crippen LogP contribution in [0, 0.1) is 13.7 Å². The summed E-state index contributed by atoms with van der Waals surface area (Å²) in [6, 6.07) is 10.7. The average molecular weight is 299 g/mol. The summed E-state index contributed by atoms with van der Waals surface area (Å²) in [4.78, 5) is 10.4. The lowest BCUT2D eigenvalue weighted by Gasteiger charge is -2.00. The highest BCUT2D eigenvalue weighted by molar-refractivity contribution is 14.1. The van der Waals surface area contributed by atoms with E-state index in [2.05, 4.69) is 22.6 Å². The van der Waals surface area contributed by atoms with Crippen LogP contribution in [0.1, 0.15) is 0 Å². The van der Waals surface area contributed by atoms with Crippen LogP contribution < -0.4 is 0 Å². The second-order valence-electron chi connectivity index (χ2n) is 2.87. The Morgan fingerprint density at radius 3 is 2.43 bits per heavy atom. The van der Waals surface area contributed by atoms with Crippen molar-refractivity contribution in [1.82, 2.24) is 0 Å². The second kappa shape index (κ2) is 3.53. The van der Waals surface area contributed by atoms with E-state index in [-0.39, 0.29) is 10.6 Å². The highest BCUT2D eigenvalue weighted by atomic mass is 127. The molecule has 0 amide bonds. The molecule has 0 aliphatic carbocycles. The largest absolute Gasteiger partial charge is 0.277 e. The number of hydrogen-bond donors (Lipinski definition) is 0. The van der Waals surface area contributed by atoms with Crippen molar-refractivity contribution in [1.29, 1.82) is 0 Å². The molecule has 0 radical (unpaired) electrons. The molecule has 0 heterocycles. The molecule has 0 unspecified atom stereocenters. The van der Waals surface area contributed by atoms with E-state index in [0.29, 0.717) is 5.39 Å². The Balaban J connectivity index is 2.88. The standard InChI is InChI=1S/C10H6INO2/c11-9-5-1-4-8-7(9)3-2-6-10(8)12(13)14/h1-6H. The number of non-ortho nitro benzene ring substituents is 1. The minimum absolute atomic E-state index is 0.168. The van der Waals surface area contributed by atoms with Crippen molar-refractivity contribution in [2.75, 3.05) is 0 Å². The van der Waals surface area contributed by atoms with Gasteiger partial charge in [-0.3, -0.25) is 10.1 Å². The molecule has 0 spiro atoms. The maximum atomic E-state index is 10.7. The van der Waals surface area contributed by atoms with Crippen molar-refractivity contribution >= 4 is 39.1 Å². The topological polar surface area (TPSA) is 43.1 Å². The van der Waals surface area contributed by atoms with Gasteiger partial charge in [-0.15, -0.1) is 0 Å². The first-order valence-electron chi connectivity index (χ1n) is 4.02. The number of hydrogen-bond acceptors (Lipinski definition) is 2. The summed E-state index contributed by atoms with van der Waals surface area (Å²) in [7, 11) is 0. The van der Waals surface area contributed by atoms with E-state index in [0.717, 1.165) is 8.96 Å². The molecular weight excluding hydrogens is 293 g/mol. The van der Waals surface area contributed by atoms with Gasteiger partial charge in [0, 0.05) is 15.0 Å². The van der Waals surface area contributed by atoms with Crippen molar-refractivity contribution in [2.24, 2.45) is 0 Å². The molecule has 0 aliphatic rings. The predicted octanol–water partition coefficient (Wildman–Crippen LogP) is 3.35. The fraction of sp³-hybridized carbons (Fsp3) is 0. The Labute approximate surface area is 94.0 Å². The zero-order valence-corrected chi connectivity index (χ0v) is 9.26. The molecule has 4 heteroatoms. The lowest BCUT2D eigenvalue weighted by Crippen LogP contribution is -1.89. The van der Waals surface area contributed by atoms with Crippen LogP contribution in [0.25, 0.3) is 10.8 Å². The van der Waals surface area contributed by atoms with Crippen LogP contribution in [0.2, 0.25) is 0 Å². The van der Waals surface area contributed by atoms with E-state index in [1.807, 2.05) is 18.2 Å². The lowest BCUT2D eigenvalue weighted by atomic mass is 10.1. The molecule has 0 aromatic heterocycles. The van der Waals surface area contributed by atoms with Gasteiger partial charge in [0.15, 0.2) is 0 Å². The Morgan fingerprint density at radius 1 is 1.07 bits per heavy atom. The van der Waals surface area contributed by atoms with Crippen molar-refractivity contribution in [3.05, 3.63) is 50.1 Å². The Morgan fingerprint density at radius 2 is 1.71 bits per heavy atom. The number of fused-ring (bicyclic) bond motifs is 1. The number of benzene rings is 2. The van der Waals surface area contributed by atoms with E-state index in [1.165, 1.54) is 6.07 Å². The van der Waals surface area contributed by atoms with Crippen LogP contribution >= 0.6 is 22.6 Å². The number of halogens is 1. The highest BCUT2D eigenvalue weighted by Gasteiger charge is 2.11. The fourth-order valence-electron chi connectivity index (χ4n) is 1.41. The van der Waals surface area contributed by atoms with E-state index in [4.69, 9.17) is 0 Å². The predicted molar refractivity (Wildman–Crippen MR) is 63.3 cm³/mol. The Bertz CT molecular complexity index is 510. The molecule has 3 nitrogen and oxygen atoms in total. The van der Waals surface area contributed by atoms with Gasteiger partial charge in [-0.25, -0.2) is 0 Å². The number of rotatable bonds is 1. The molecule has 0 fully saturated rings. The number of nitrogens with zero attached hydrogens (tertiary/aromatic N) is 1. The van der Waals surface area contributed by atoms with Gasteiger partial charge >= 0.3 is 0 Å². The van der Waals surface area contributed by atoms with Gasteiger partial charge in [-0.1, -0.05) is 18.2 Å². The first-order valence-corrected chi connectivity index (χ1v) is 5.09. The van der Waals surface area contributed by atoms with Gasteiger partial charge < -0.3 is 0 Å². The van der Waals surface area contributed by atoms with Crippen molar-refractivity contribution in [3.63, 3.8) is 0 Å². The van der Waals surface area contributed by atoms with Gasteiger partial charge in [-0.2, -0.15) is 0 Å².